The van der Waals surface area contributed by atoms with Gasteiger partial charge in [-0.25, -0.2) is 0 Å². The highest BCUT2D eigenvalue weighted by molar-refractivity contribution is 7.80. The number of anilines is 2. The van der Waals surface area contributed by atoms with Crippen molar-refractivity contribution < 1.29 is 4.74 Å². The van der Waals surface area contributed by atoms with Crippen molar-refractivity contribution in [3.8, 4) is 5.75 Å². The zero-order valence-corrected chi connectivity index (χ0v) is 12.8. The molecule has 0 aliphatic rings. The number of nitrogens with two attached hydrogens (primary N) is 1. The van der Waals surface area contributed by atoms with E-state index in [0.29, 0.717) is 15.8 Å². The lowest BCUT2D eigenvalue weighted by Gasteiger charge is -2.13. The van der Waals surface area contributed by atoms with Crippen LogP contribution in [-0.2, 0) is 0 Å². The Labute approximate surface area is 128 Å². The largest absolute Gasteiger partial charge is 0.495 e. The van der Waals surface area contributed by atoms with Crippen molar-refractivity contribution in [1.82, 2.24) is 0 Å². The van der Waals surface area contributed by atoms with Crippen molar-refractivity contribution >= 4 is 40.2 Å². The molecule has 0 bridgehead atoms. The van der Waals surface area contributed by atoms with E-state index in [0.717, 1.165) is 22.5 Å². The average Bonchev–Trinajstić information content (AvgIpc) is 2.43. The Morgan fingerprint density at radius 2 is 1.90 bits per heavy atom. The Balaban J connectivity index is 2.29. The second-order valence-corrected chi connectivity index (χ2v) is 5.22. The van der Waals surface area contributed by atoms with E-state index in [1.807, 2.05) is 37.3 Å². The Kier molecular flexibility index (Phi) is 4.47. The number of halogens is 1. The average molecular weight is 307 g/mol. The first-order chi connectivity index (χ1) is 9.51. The zero-order valence-electron chi connectivity index (χ0n) is 11.2. The fourth-order valence-electron chi connectivity index (χ4n) is 1.80. The summed E-state index contributed by atoms with van der Waals surface area (Å²) in [6.07, 6.45) is 0. The van der Waals surface area contributed by atoms with Gasteiger partial charge in [0.1, 0.15) is 10.7 Å². The molecule has 0 heterocycles. The topological polar surface area (TPSA) is 47.3 Å². The molecule has 0 atom stereocenters. The molecule has 2 aromatic carbocycles. The van der Waals surface area contributed by atoms with E-state index >= 15 is 0 Å². The number of rotatable bonds is 4. The zero-order chi connectivity index (χ0) is 14.7. The van der Waals surface area contributed by atoms with Gasteiger partial charge in [0.05, 0.1) is 12.8 Å². The van der Waals surface area contributed by atoms with Crippen LogP contribution < -0.4 is 15.8 Å². The van der Waals surface area contributed by atoms with Crippen LogP contribution in [0.3, 0.4) is 0 Å². The molecular weight excluding hydrogens is 292 g/mol. The number of methoxy groups -OCH3 is 1. The SMILES string of the molecule is COc1cc(Cl)c(C)cc1Nc1ccc(C(N)=S)cc1. The maximum Gasteiger partial charge on any atom is 0.143 e. The van der Waals surface area contributed by atoms with Crippen LogP contribution in [-0.4, -0.2) is 12.1 Å². The van der Waals surface area contributed by atoms with Crippen LogP contribution in [0.5, 0.6) is 5.75 Å². The lowest BCUT2D eigenvalue weighted by molar-refractivity contribution is 0.417. The fraction of sp³-hybridized carbons (Fsp3) is 0.133. The minimum atomic E-state index is 0.386. The highest BCUT2D eigenvalue weighted by atomic mass is 35.5. The number of thiocarbonyl (C=S) groups is 1. The molecule has 0 aliphatic carbocycles. The van der Waals surface area contributed by atoms with Crippen LogP contribution in [0.1, 0.15) is 11.1 Å². The van der Waals surface area contributed by atoms with Crippen molar-refractivity contribution in [2.24, 2.45) is 5.73 Å². The Morgan fingerprint density at radius 1 is 1.25 bits per heavy atom. The number of benzene rings is 2. The molecule has 3 N–H and O–H groups in total. The fourth-order valence-corrected chi connectivity index (χ4v) is 2.09. The lowest BCUT2D eigenvalue weighted by atomic mass is 10.1. The van der Waals surface area contributed by atoms with E-state index in [2.05, 4.69) is 5.32 Å². The van der Waals surface area contributed by atoms with E-state index in [-0.39, 0.29) is 0 Å². The molecule has 2 rings (SSSR count). The van der Waals surface area contributed by atoms with Crippen LogP contribution >= 0.6 is 23.8 Å². The van der Waals surface area contributed by atoms with Gasteiger partial charge < -0.3 is 15.8 Å². The molecule has 0 spiro atoms. The maximum absolute atomic E-state index is 6.09. The Morgan fingerprint density at radius 3 is 2.45 bits per heavy atom. The third-order valence-electron chi connectivity index (χ3n) is 2.93. The van der Waals surface area contributed by atoms with Crippen molar-refractivity contribution in [2.75, 3.05) is 12.4 Å². The minimum absolute atomic E-state index is 0.386. The van der Waals surface area contributed by atoms with Crippen LogP contribution in [0.4, 0.5) is 11.4 Å². The summed E-state index contributed by atoms with van der Waals surface area (Å²) in [5.74, 6) is 0.694. The first kappa shape index (κ1) is 14.6. The number of ether oxygens (including phenoxy) is 1. The third kappa shape index (κ3) is 3.21. The van der Waals surface area contributed by atoms with E-state index in [9.17, 15) is 0 Å². The summed E-state index contributed by atoms with van der Waals surface area (Å²) in [5, 5.41) is 3.97. The molecule has 0 fully saturated rings. The summed E-state index contributed by atoms with van der Waals surface area (Å²) in [5.41, 5.74) is 9.17. The van der Waals surface area contributed by atoms with Gasteiger partial charge in [-0.3, -0.25) is 0 Å². The van der Waals surface area contributed by atoms with Crippen molar-refractivity contribution in [2.45, 2.75) is 6.92 Å². The number of hydrogen-bond donors (Lipinski definition) is 2. The van der Waals surface area contributed by atoms with Crippen molar-refractivity contribution in [3.05, 3.63) is 52.5 Å². The van der Waals surface area contributed by atoms with Crippen molar-refractivity contribution in [1.29, 1.82) is 0 Å². The third-order valence-corrected chi connectivity index (χ3v) is 3.57. The highest BCUT2D eigenvalue weighted by Gasteiger charge is 2.07. The molecule has 20 heavy (non-hydrogen) atoms. The number of nitrogens with one attached hydrogen (secondary N) is 1. The molecule has 0 aromatic heterocycles. The first-order valence-electron chi connectivity index (χ1n) is 6.02. The molecule has 3 nitrogen and oxygen atoms in total. The summed E-state index contributed by atoms with van der Waals surface area (Å²) in [6, 6.07) is 11.3. The first-order valence-corrected chi connectivity index (χ1v) is 6.81. The molecule has 0 amide bonds. The molecule has 0 saturated carbocycles. The quantitative estimate of drug-likeness (QED) is 0.837. The van der Waals surface area contributed by atoms with E-state index in [4.69, 9.17) is 34.3 Å². The van der Waals surface area contributed by atoms with E-state index < -0.39 is 0 Å². The summed E-state index contributed by atoms with van der Waals surface area (Å²) < 4.78 is 5.33. The standard InChI is InChI=1S/C15H15ClN2OS/c1-9-7-13(14(19-2)8-12(9)16)18-11-5-3-10(4-6-11)15(17)20/h3-8,18H,1-2H3,(H2,17,20). The van der Waals surface area contributed by atoms with Gasteiger partial charge in [0, 0.05) is 22.3 Å². The van der Waals surface area contributed by atoms with Gasteiger partial charge in [-0.05, 0) is 42.8 Å². The number of hydrogen-bond acceptors (Lipinski definition) is 3. The van der Waals surface area contributed by atoms with Gasteiger partial charge in [0.2, 0.25) is 0 Å². The van der Waals surface area contributed by atoms with Crippen molar-refractivity contribution in [3.63, 3.8) is 0 Å². The predicted octanol–water partition coefficient (Wildman–Crippen LogP) is 4.03. The van der Waals surface area contributed by atoms with E-state index in [1.165, 1.54) is 0 Å². The number of aryl methyl sites for hydroxylation is 1. The normalized spacial score (nSPS) is 10.2. The van der Waals surface area contributed by atoms with Gasteiger partial charge in [-0.2, -0.15) is 0 Å². The molecule has 2 aromatic rings. The molecule has 0 saturated heterocycles. The smallest absolute Gasteiger partial charge is 0.143 e. The minimum Gasteiger partial charge on any atom is -0.495 e. The second kappa shape index (κ2) is 6.11. The van der Waals surface area contributed by atoms with Gasteiger partial charge in [0.25, 0.3) is 0 Å². The van der Waals surface area contributed by atoms with Crippen LogP contribution in [0.2, 0.25) is 5.02 Å². The maximum atomic E-state index is 6.09. The lowest BCUT2D eigenvalue weighted by Crippen LogP contribution is -2.08. The highest BCUT2D eigenvalue weighted by Crippen LogP contribution is 2.33. The second-order valence-electron chi connectivity index (χ2n) is 4.37. The monoisotopic (exact) mass is 306 g/mol. The molecule has 5 heteroatoms. The summed E-state index contributed by atoms with van der Waals surface area (Å²) in [4.78, 5) is 0.386. The van der Waals surface area contributed by atoms with Gasteiger partial charge >= 0.3 is 0 Å². The predicted molar refractivity (Wildman–Crippen MR) is 88.4 cm³/mol. The molecular formula is C15H15ClN2OS. The molecule has 0 aliphatic heterocycles. The molecule has 104 valence electrons. The Hall–Kier alpha value is -1.78. The van der Waals surface area contributed by atoms with E-state index in [1.54, 1.807) is 13.2 Å². The Bertz CT molecular complexity index is 641. The summed E-state index contributed by atoms with van der Waals surface area (Å²) in [6.45, 7) is 1.95. The van der Waals surface area contributed by atoms with Crippen LogP contribution in [0.25, 0.3) is 0 Å². The van der Waals surface area contributed by atoms with Gasteiger partial charge in [-0.1, -0.05) is 23.8 Å². The van der Waals surface area contributed by atoms with Crippen LogP contribution in [0, 0.1) is 6.92 Å². The van der Waals surface area contributed by atoms with Gasteiger partial charge in [-0.15, -0.1) is 0 Å². The molecule has 0 radical (unpaired) electrons. The van der Waals surface area contributed by atoms with Crippen LogP contribution in [0.15, 0.2) is 36.4 Å². The summed E-state index contributed by atoms with van der Waals surface area (Å²) in [7, 11) is 1.61. The van der Waals surface area contributed by atoms with Gasteiger partial charge in [0.15, 0.2) is 0 Å². The summed E-state index contributed by atoms with van der Waals surface area (Å²) >= 11 is 11.0. The molecule has 0 unspecified atom stereocenters.